The van der Waals surface area contributed by atoms with Crippen molar-refractivity contribution in [3.05, 3.63) is 10.1 Å². The van der Waals surface area contributed by atoms with Crippen molar-refractivity contribution in [3.8, 4) is 0 Å². The standard InChI is InChI=1S/C8H16N2O5/c1-6(2)7(10(12)13)9-8(11)15-5-4-14-3/h6-7H,4-5H2,1-3H3,(H,9,11). The van der Waals surface area contributed by atoms with E-state index in [1.165, 1.54) is 7.11 Å². The molecule has 7 nitrogen and oxygen atoms in total. The fourth-order valence-electron chi connectivity index (χ4n) is 0.843. The number of amides is 1. The second-order valence-corrected chi connectivity index (χ2v) is 3.25. The number of carbonyl (C=O) groups excluding carboxylic acids is 1. The molecule has 0 saturated carbocycles. The van der Waals surface area contributed by atoms with Gasteiger partial charge in [-0.3, -0.25) is 15.4 Å². The topological polar surface area (TPSA) is 90.7 Å². The molecule has 0 aromatic heterocycles. The minimum Gasteiger partial charge on any atom is -0.447 e. The van der Waals surface area contributed by atoms with Gasteiger partial charge < -0.3 is 9.47 Å². The lowest BCUT2D eigenvalue weighted by Gasteiger charge is -2.14. The Morgan fingerprint density at radius 2 is 2.07 bits per heavy atom. The highest BCUT2D eigenvalue weighted by molar-refractivity contribution is 5.67. The molecule has 0 aliphatic rings. The third-order valence-electron chi connectivity index (χ3n) is 1.64. The summed E-state index contributed by atoms with van der Waals surface area (Å²) in [5.41, 5.74) is 0. The monoisotopic (exact) mass is 220 g/mol. The quantitative estimate of drug-likeness (QED) is 0.306. The zero-order valence-electron chi connectivity index (χ0n) is 9.06. The minimum absolute atomic E-state index is 0.0743. The highest BCUT2D eigenvalue weighted by atomic mass is 16.6. The second-order valence-electron chi connectivity index (χ2n) is 3.25. The van der Waals surface area contributed by atoms with Crippen LogP contribution in [0.15, 0.2) is 0 Å². The summed E-state index contributed by atoms with van der Waals surface area (Å²) in [5, 5.41) is 12.7. The van der Waals surface area contributed by atoms with E-state index in [0.29, 0.717) is 0 Å². The van der Waals surface area contributed by atoms with E-state index in [9.17, 15) is 14.9 Å². The van der Waals surface area contributed by atoms with Crippen LogP contribution in [0.2, 0.25) is 0 Å². The van der Waals surface area contributed by atoms with E-state index in [2.05, 4.69) is 14.8 Å². The van der Waals surface area contributed by atoms with E-state index in [0.717, 1.165) is 0 Å². The van der Waals surface area contributed by atoms with Gasteiger partial charge in [0.2, 0.25) is 0 Å². The van der Waals surface area contributed by atoms with Crippen LogP contribution in [0.3, 0.4) is 0 Å². The molecule has 7 heteroatoms. The Morgan fingerprint density at radius 3 is 2.47 bits per heavy atom. The largest absolute Gasteiger partial charge is 0.447 e. The Balaban J connectivity index is 3.95. The fraction of sp³-hybridized carbons (Fsp3) is 0.875. The summed E-state index contributed by atoms with van der Waals surface area (Å²) in [6, 6.07) is 0. The average molecular weight is 220 g/mol. The lowest BCUT2D eigenvalue weighted by Crippen LogP contribution is -2.44. The van der Waals surface area contributed by atoms with Gasteiger partial charge in [-0.1, -0.05) is 13.8 Å². The van der Waals surface area contributed by atoms with Crippen LogP contribution in [0.25, 0.3) is 0 Å². The van der Waals surface area contributed by atoms with Gasteiger partial charge in [0.25, 0.3) is 6.17 Å². The summed E-state index contributed by atoms with van der Waals surface area (Å²) < 4.78 is 9.29. The zero-order chi connectivity index (χ0) is 11.8. The molecular formula is C8H16N2O5. The molecule has 0 aromatic rings. The summed E-state index contributed by atoms with van der Waals surface area (Å²) in [4.78, 5) is 21.0. The summed E-state index contributed by atoms with van der Waals surface area (Å²) >= 11 is 0. The van der Waals surface area contributed by atoms with Crippen LogP contribution < -0.4 is 5.32 Å². The van der Waals surface area contributed by atoms with Crippen LogP contribution in [0.5, 0.6) is 0 Å². The van der Waals surface area contributed by atoms with Crippen LogP contribution in [0.1, 0.15) is 13.8 Å². The first-order valence-electron chi connectivity index (χ1n) is 4.54. The number of methoxy groups -OCH3 is 1. The number of nitrogens with zero attached hydrogens (tertiary/aromatic N) is 1. The molecule has 15 heavy (non-hydrogen) atoms. The molecule has 0 rings (SSSR count). The Hall–Kier alpha value is -1.37. The van der Waals surface area contributed by atoms with Crippen LogP contribution >= 0.6 is 0 Å². The lowest BCUT2D eigenvalue weighted by molar-refractivity contribution is -0.535. The molecule has 0 aromatic carbocycles. The molecule has 1 amide bonds. The van der Waals surface area contributed by atoms with E-state index in [1.54, 1.807) is 13.8 Å². The number of rotatable bonds is 6. The minimum atomic E-state index is -1.12. The van der Waals surface area contributed by atoms with Crippen LogP contribution in [-0.2, 0) is 9.47 Å². The van der Waals surface area contributed by atoms with Crippen molar-refractivity contribution in [3.63, 3.8) is 0 Å². The van der Waals surface area contributed by atoms with Crippen LogP contribution in [0, 0.1) is 16.0 Å². The highest BCUT2D eigenvalue weighted by Gasteiger charge is 2.26. The van der Waals surface area contributed by atoms with Gasteiger partial charge in [-0.15, -0.1) is 0 Å². The molecule has 88 valence electrons. The number of nitrogens with one attached hydrogen (secondary N) is 1. The Labute approximate surface area is 87.9 Å². The predicted octanol–water partition coefficient (Wildman–Crippen LogP) is 0.618. The van der Waals surface area contributed by atoms with Gasteiger partial charge in [-0.05, 0) is 0 Å². The first kappa shape index (κ1) is 13.6. The third kappa shape index (κ3) is 5.84. The average Bonchev–Trinajstić information content (AvgIpc) is 2.13. The van der Waals surface area contributed by atoms with Crippen molar-refractivity contribution in [1.29, 1.82) is 0 Å². The first-order valence-corrected chi connectivity index (χ1v) is 4.54. The zero-order valence-corrected chi connectivity index (χ0v) is 9.06. The van der Waals surface area contributed by atoms with Crippen molar-refractivity contribution in [2.75, 3.05) is 20.3 Å². The highest BCUT2D eigenvalue weighted by Crippen LogP contribution is 2.02. The normalized spacial score (nSPS) is 12.3. The van der Waals surface area contributed by atoms with Gasteiger partial charge in [0.15, 0.2) is 0 Å². The first-order chi connectivity index (χ1) is 6.99. The number of carbonyl (C=O) groups is 1. The maximum Gasteiger partial charge on any atom is 0.412 e. The van der Waals surface area contributed by atoms with Crippen molar-refractivity contribution in [2.45, 2.75) is 20.0 Å². The van der Waals surface area contributed by atoms with Gasteiger partial charge in [0.05, 0.1) is 6.61 Å². The lowest BCUT2D eigenvalue weighted by atomic mass is 10.2. The van der Waals surface area contributed by atoms with Crippen molar-refractivity contribution >= 4 is 6.09 Å². The number of ether oxygens (including phenoxy) is 2. The van der Waals surface area contributed by atoms with Gasteiger partial charge in [0.1, 0.15) is 6.61 Å². The molecule has 0 bridgehead atoms. The number of hydrogen-bond acceptors (Lipinski definition) is 5. The fourth-order valence-corrected chi connectivity index (χ4v) is 0.843. The smallest absolute Gasteiger partial charge is 0.412 e. The maximum absolute atomic E-state index is 11.0. The van der Waals surface area contributed by atoms with Crippen LogP contribution in [-0.4, -0.2) is 37.5 Å². The van der Waals surface area contributed by atoms with Gasteiger partial charge in [-0.25, -0.2) is 4.79 Å². The number of hydrogen-bond donors (Lipinski definition) is 1. The third-order valence-corrected chi connectivity index (χ3v) is 1.64. The van der Waals surface area contributed by atoms with Gasteiger partial charge in [0, 0.05) is 18.0 Å². The maximum atomic E-state index is 11.0. The molecule has 1 unspecified atom stereocenters. The molecule has 0 fully saturated rings. The number of alkyl carbamates (subject to hydrolysis) is 1. The van der Waals surface area contributed by atoms with Crippen molar-refractivity contribution in [2.24, 2.45) is 5.92 Å². The van der Waals surface area contributed by atoms with E-state index in [4.69, 9.17) is 0 Å². The molecule has 0 aliphatic heterocycles. The molecule has 0 radical (unpaired) electrons. The molecule has 1 atom stereocenters. The van der Waals surface area contributed by atoms with Crippen molar-refractivity contribution in [1.82, 2.24) is 5.32 Å². The molecular weight excluding hydrogens is 204 g/mol. The Bertz CT molecular complexity index is 219. The van der Waals surface area contributed by atoms with E-state index in [1.807, 2.05) is 0 Å². The van der Waals surface area contributed by atoms with Gasteiger partial charge in [-0.2, -0.15) is 0 Å². The summed E-state index contributed by atoms with van der Waals surface area (Å²) in [7, 11) is 1.47. The van der Waals surface area contributed by atoms with E-state index in [-0.39, 0.29) is 19.1 Å². The molecule has 0 aliphatic carbocycles. The molecule has 0 saturated heterocycles. The summed E-state index contributed by atoms with van der Waals surface area (Å²) in [6.45, 7) is 3.62. The van der Waals surface area contributed by atoms with Gasteiger partial charge >= 0.3 is 6.09 Å². The molecule has 0 spiro atoms. The van der Waals surface area contributed by atoms with Crippen LogP contribution in [0.4, 0.5) is 4.79 Å². The second kappa shape index (κ2) is 6.99. The molecule has 1 N–H and O–H groups in total. The Morgan fingerprint density at radius 1 is 1.47 bits per heavy atom. The van der Waals surface area contributed by atoms with Crippen molar-refractivity contribution < 1.29 is 19.2 Å². The summed E-state index contributed by atoms with van der Waals surface area (Å²) in [6.07, 6.45) is -1.93. The predicted molar refractivity (Wildman–Crippen MR) is 52.0 cm³/mol. The van der Waals surface area contributed by atoms with E-state index < -0.39 is 17.2 Å². The van der Waals surface area contributed by atoms with E-state index >= 15 is 0 Å². The Kier molecular flexibility index (Phi) is 6.35. The molecule has 0 heterocycles. The number of nitro groups is 1. The summed E-state index contributed by atoms with van der Waals surface area (Å²) in [5.74, 6) is -0.296. The SMILES string of the molecule is COCCOC(=O)NC(C(C)C)[N+](=O)[O-].